The lowest BCUT2D eigenvalue weighted by atomic mass is 9.83. The third-order valence-corrected chi connectivity index (χ3v) is 8.53. The summed E-state index contributed by atoms with van der Waals surface area (Å²) in [4.78, 5) is 27.6. The van der Waals surface area contributed by atoms with Gasteiger partial charge in [0.05, 0.1) is 5.69 Å². The minimum atomic E-state index is -1.76. The van der Waals surface area contributed by atoms with E-state index in [2.05, 4.69) is 17.2 Å². The van der Waals surface area contributed by atoms with Gasteiger partial charge in [-0.05, 0) is 43.4 Å². The predicted molar refractivity (Wildman–Crippen MR) is 164 cm³/mol. The van der Waals surface area contributed by atoms with Crippen LogP contribution in [-0.2, 0) is 33.6 Å². The number of benzene rings is 2. The van der Waals surface area contributed by atoms with Crippen molar-refractivity contribution in [3.63, 3.8) is 0 Å². The van der Waals surface area contributed by atoms with Crippen molar-refractivity contribution in [1.29, 1.82) is 0 Å². The molecule has 0 radical (unpaired) electrons. The molecule has 222 valence electrons. The maximum absolute atomic E-state index is 11.0. The molecule has 10 heteroatoms. The van der Waals surface area contributed by atoms with Crippen molar-refractivity contribution >= 4 is 40.6 Å². The van der Waals surface area contributed by atoms with Gasteiger partial charge in [-0.2, -0.15) is 0 Å². The predicted octanol–water partition coefficient (Wildman–Crippen LogP) is 4.33. The van der Waals surface area contributed by atoms with Gasteiger partial charge in [-0.25, -0.2) is 14.6 Å². The van der Waals surface area contributed by atoms with Crippen LogP contribution in [0.1, 0.15) is 65.4 Å². The van der Waals surface area contributed by atoms with Gasteiger partial charge in [-0.3, -0.25) is 0 Å². The van der Waals surface area contributed by atoms with Gasteiger partial charge in [0, 0.05) is 34.9 Å². The lowest BCUT2D eigenvalue weighted by molar-refractivity contribution is -0.160. The van der Waals surface area contributed by atoms with Crippen LogP contribution in [0, 0.1) is 0 Å². The molecule has 3 atom stereocenters. The molecular formula is C32H37N3O6S. The number of nitrogens with two attached hydrogens (primary N) is 1. The van der Waals surface area contributed by atoms with E-state index >= 15 is 0 Å². The fraction of sp³-hybridized carbons (Fsp3) is 0.344. The van der Waals surface area contributed by atoms with Gasteiger partial charge >= 0.3 is 11.9 Å². The Labute approximate surface area is 249 Å². The molecule has 0 saturated carbocycles. The Bertz CT molecular complexity index is 1400. The minimum absolute atomic E-state index is 0.124. The van der Waals surface area contributed by atoms with Gasteiger partial charge in [-0.15, -0.1) is 11.3 Å². The molecule has 3 aliphatic carbocycles. The van der Waals surface area contributed by atoms with Crippen LogP contribution in [0.5, 0.6) is 0 Å². The zero-order valence-electron chi connectivity index (χ0n) is 23.5. The molecule has 0 bridgehead atoms. The van der Waals surface area contributed by atoms with E-state index in [9.17, 15) is 19.8 Å². The van der Waals surface area contributed by atoms with E-state index in [1.54, 1.807) is 59.9 Å². The highest BCUT2D eigenvalue weighted by Gasteiger charge is 2.40. The summed E-state index contributed by atoms with van der Waals surface area (Å²) in [5.41, 5.74) is 5.88. The van der Waals surface area contributed by atoms with Crippen molar-refractivity contribution in [1.82, 2.24) is 10.3 Å². The topological polar surface area (TPSA) is 166 Å². The van der Waals surface area contributed by atoms with Crippen LogP contribution in [0.4, 0.5) is 5.13 Å². The lowest BCUT2D eigenvalue weighted by Gasteiger charge is -2.27. The van der Waals surface area contributed by atoms with E-state index in [0.29, 0.717) is 17.2 Å². The summed E-state index contributed by atoms with van der Waals surface area (Å²) < 4.78 is 0. The van der Waals surface area contributed by atoms with Crippen molar-refractivity contribution in [2.45, 2.75) is 62.7 Å². The van der Waals surface area contributed by atoms with Gasteiger partial charge in [0.1, 0.15) is 0 Å². The number of carboxylic acid groups (broad SMARTS) is 2. The highest BCUT2D eigenvalue weighted by atomic mass is 32.1. The summed E-state index contributed by atoms with van der Waals surface area (Å²) in [6.45, 7) is 3.32. The summed E-state index contributed by atoms with van der Waals surface area (Å²) in [5, 5.41) is 42.1. The number of aliphatic carboxylic acids is 2. The molecule has 0 amide bonds. The number of nitrogen functional groups attached to an aromatic ring is 1. The number of carboxylic acids is 2. The maximum Gasteiger partial charge on any atom is 0.340 e. The van der Waals surface area contributed by atoms with E-state index in [1.165, 1.54) is 23.4 Å². The molecule has 9 nitrogen and oxygen atoms in total. The molecule has 2 aromatic carbocycles. The van der Waals surface area contributed by atoms with Gasteiger partial charge < -0.3 is 31.5 Å². The number of thiazole rings is 1. The van der Waals surface area contributed by atoms with Crippen molar-refractivity contribution in [3.05, 3.63) is 93.5 Å². The van der Waals surface area contributed by atoms with Crippen LogP contribution in [0.15, 0.2) is 60.7 Å². The van der Waals surface area contributed by atoms with Crippen LogP contribution < -0.4 is 11.1 Å². The summed E-state index contributed by atoms with van der Waals surface area (Å²) in [7, 11) is 0. The van der Waals surface area contributed by atoms with Crippen LogP contribution >= 0.6 is 11.3 Å². The quantitative estimate of drug-likeness (QED) is 0.253. The number of nitrogens with zero attached hydrogens (tertiary/aromatic N) is 1. The average Bonchev–Trinajstić information content (AvgIpc) is 3.36. The molecular weight excluding hydrogens is 554 g/mol. The van der Waals surface area contributed by atoms with Crippen molar-refractivity contribution < 1.29 is 30.0 Å². The Morgan fingerprint density at radius 3 is 1.98 bits per heavy atom. The molecule has 0 fully saturated rings. The second-order valence-electron chi connectivity index (χ2n) is 10.5. The van der Waals surface area contributed by atoms with Crippen molar-refractivity contribution in [2.24, 2.45) is 0 Å². The van der Waals surface area contributed by atoms with Gasteiger partial charge in [-0.1, -0.05) is 79.8 Å². The molecule has 7 N–H and O–H groups in total. The second-order valence-corrected chi connectivity index (χ2v) is 11.6. The number of rotatable bonds is 5. The normalized spacial score (nSPS) is 23.2. The fourth-order valence-corrected chi connectivity index (χ4v) is 6.25. The molecule has 0 spiro atoms. The number of nitrogens with one attached hydrogen (secondary N) is 1. The monoisotopic (exact) mass is 591 g/mol. The second kappa shape index (κ2) is 13.4. The third-order valence-electron chi connectivity index (χ3n) is 7.58. The number of aliphatic hydroxyl groups is 2. The number of fused-ring (bicyclic) bond motifs is 3. The SMILES string of the molecule is CCCN[C@H]1CCc2nc(N)sc2C1.O=C(O)C1(O)CC=Cc2ccccc21.O=C(O)C1(O)CC=Cc2ccccc21. The first-order valence-electron chi connectivity index (χ1n) is 14.0. The molecule has 1 aromatic heterocycles. The summed E-state index contributed by atoms with van der Waals surface area (Å²) >= 11 is 1.65. The fourth-order valence-electron chi connectivity index (χ4n) is 5.29. The van der Waals surface area contributed by atoms with Crippen LogP contribution in [-0.4, -0.2) is 49.9 Å². The number of aromatic nitrogens is 1. The molecule has 3 aliphatic rings. The number of carbonyl (C=O) groups is 2. The number of aryl methyl sites for hydroxylation is 1. The molecule has 2 unspecified atom stereocenters. The zero-order chi connectivity index (χ0) is 30.3. The Balaban J connectivity index is 0.000000145. The summed E-state index contributed by atoms with van der Waals surface area (Å²) in [6, 6.07) is 14.6. The van der Waals surface area contributed by atoms with Crippen molar-refractivity contribution in [2.75, 3.05) is 12.3 Å². The average molecular weight is 592 g/mol. The largest absolute Gasteiger partial charge is 0.479 e. The summed E-state index contributed by atoms with van der Waals surface area (Å²) in [5.74, 6) is -2.40. The zero-order valence-corrected chi connectivity index (χ0v) is 24.3. The third kappa shape index (κ3) is 6.79. The Kier molecular flexibility index (Phi) is 9.95. The van der Waals surface area contributed by atoms with Crippen LogP contribution in [0.2, 0.25) is 0 Å². The highest BCUT2D eigenvalue weighted by Crippen LogP contribution is 2.34. The molecule has 6 rings (SSSR count). The standard InChI is InChI=1S/2C11H10O3.C10H17N3S/c2*12-10(13)11(14)7-3-5-8-4-1-2-6-9(8)11;1-2-5-12-7-3-4-8-9(6-7)14-10(11)13-8/h2*1-6,14H,7H2,(H,12,13);7,12H,2-6H2,1H3,(H2,11,13)/t;;7-/m..0/s1. The lowest BCUT2D eigenvalue weighted by Crippen LogP contribution is -2.36. The maximum atomic E-state index is 11.0. The van der Waals surface area contributed by atoms with Crippen LogP contribution in [0.25, 0.3) is 12.2 Å². The van der Waals surface area contributed by atoms with Crippen molar-refractivity contribution in [3.8, 4) is 0 Å². The minimum Gasteiger partial charge on any atom is -0.479 e. The summed E-state index contributed by atoms with van der Waals surface area (Å²) in [6.07, 6.45) is 11.9. The number of hydrogen-bond donors (Lipinski definition) is 6. The molecule has 1 heterocycles. The van der Waals surface area contributed by atoms with E-state index in [0.717, 1.165) is 35.6 Å². The first kappa shape index (κ1) is 31.1. The smallest absolute Gasteiger partial charge is 0.340 e. The molecule has 42 heavy (non-hydrogen) atoms. The Morgan fingerprint density at radius 1 is 0.952 bits per heavy atom. The van der Waals surface area contributed by atoms with E-state index in [-0.39, 0.29) is 12.8 Å². The highest BCUT2D eigenvalue weighted by molar-refractivity contribution is 7.15. The van der Waals surface area contributed by atoms with E-state index in [1.807, 2.05) is 24.3 Å². The van der Waals surface area contributed by atoms with Crippen LogP contribution in [0.3, 0.4) is 0 Å². The Hall–Kier alpha value is -3.83. The van der Waals surface area contributed by atoms with Gasteiger partial charge in [0.25, 0.3) is 0 Å². The molecule has 0 saturated heterocycles. The first-order chi connectivity index (χ1) is 20.1. The van der Waals surface area contributed by atoms with E-state index < -0.39 is 23.1 Å². The number of hydrogen-bond acceptors (Lipinski definition) is 8. The van der Waals surface area contributed by atoms with Gasteiger partial charge in [0.2, 0.25) is 0 Å². The molecule has 3 aromatic rings. The first-order valence-corrected chi connectivity index (χ1v) is 14.8. The number of anilines is 1. The van der Waals surface area contributed by atoms with Gasteiger partial charge in [0.15, 0.2) is 16.3 Å². The Morgan fingerprint density at radius 2 is 1.48 bits per heavy atom. The van der Waals surface area contributed by atoms with E-state index in [4.69, 9.17) is 15.9 Å². The molecule has 0 aliphatic heterocycles.